The molecule has 3 aromatic rings. The Bertz CT molecular complexity index is 973. The number of benzene rings is 2. The average Bonchev–Trinajstić information content (AvgIpc) is 2.68. The minimum atomic E-state index is -4.52. The highest BCUT2D eigenvalue weighted by molar-refractivity contribution is 6.30. The number of rotatable bonds is 5. The first-order valence-electron chi connectivity index (χ1n) is 8.95. The highest BCUT2D eigenvalue weighted by atomic mass is 35.5. The van der Waals surface area contributed by atoms with Gasteiger partial charge in [0.1, 0.15) is 0 Å². The van der Waals surface area contributed by atoms with Crippen molar-refractivity contribution < 1.29 is 13.2 Å². The number of nitrogens with zero attached hydrogens (tertiary/aromatic N) is 2. The molecule has 0 saturated carbocycles. The highest BCUT2D eigenvalue weighted by Gasteiger charge is 2.38. The van der Waals surface area contributed by atoms with Gasteiger partial charge in [-0.15, -0.1) is 0 Å². The van der Waals surface area contributed by atoms with Crippen molar-refractivity contribution in [2.75, 3.05) is 19.0 Å². The number of anilines is 1. The molecule has 1 heterocycles. The van der Waals surface area contributed by atoms with Crippen LogP contribution in [0.25, 0.3) is 0 Å². The summed E-state index contributed by atoms with van der Waals surface area (Å²) >= 11 is 5.95. The second-order valence-electron chi connectivity index (χ2n) is 7.12. The summed E-state index contributed by atoms with van der Waals surface area (Å²) < 4.78 is 41.3. The molecule has 1 aromatic heterocycles. The smallest absolute Gasteiger partial charge is 0.377 e. The van der Waals surface area contributed by atoms with E-state index in [9.17, 15) is 13.2 Å². The van der Waals surface area contributed by atoms with Crippen molar-refractivity contribution in [3.8, 4) is 0 Å². The Labute approximate surface area is 172 Å². The van der Waals surface area contributed by atoms with Crippen LogP contribution < -0.4 is 10.6 Å². The third kappa shape index (κ3) is 4.54. The molecule has 1 unspecified atom stereocenters. The molecule has 0 spiro atoms. The summed E-state index contributed by atoms with van der Waals surface area (Å²) in [6, 6.07) is 16.8. The van der Waals surface area contributed by atoms with Crippen molar-refractivity contribution in [1.82, 2.24) is 4.98 Å². The van der Waals surface area contributed by atoms with Gasteiger partial charge < -0.3 is 10.6 Å². The van der Waals surface area contributed by atoms with E-state index in [1.54, 1.807) is 32.3 Å². The minimum absolute atomic E-state index is 0.0763. The summed E-state index contributed by atoms with van der Waals surface area (Å²) in [5.41, 5.74) is 6.50. The van der Waals surface area contributed by atoms with E-state index in [0.29, 0.717) is 16.3 Å². The Morgan fingerprint density at radius 2 is 1.69 bits per heavy atom. The second-order valence-corrected chi connectivity index (χ2v) is 7.56. The van der Waals surface area contributed by atoms with E-state index < -0.39 is 17.3 Å². The largest absolute Gasteiger partial charge is 0.418 e. The lowest BCUT2D eigenvalue weighted by atomic mass is 9.80. The maximum atomic E-state index is 13.8. The monoisotopic (exact) mass is 419 g/mol. The van der Waals surface area contributed by atoms with Gasteiger partial charge in [-0.25, -0.2) is 0 Å². The van der Waals surface area contributed by atoms with Crippen LogP contribution in [0.4, 0.5) is 18.9 Å². The number of nitrogens with two attached hydrogens (primary N) is 1. The first-order chi connectivity index (χ1) is 13.6. The summed E-state index contributed by atoms with van der Waals surface area (Å²) in [4.78, 5) is 5.76. The quantitative estimate of drug-likeness (QED) is 0.613. The summed E-state index contributed by atoms with van der Waals surface area (Å²) in [6.45, 7) is 0. The number of aromatic nitrogens is 1. The molecule has 3 rings (SSSR count). The number of pyridine rings is 1. The molecular formula is C22H21ClF3N3. The van der Waals surface area contributed by atoms with E-state index in [0.717, 1.165) is 11.6 Å². The highest BCUT2D eigenvalue weighted by Crippen LogP contribution is 2.40. The Hall–Kier alpha value is -2.57. The molecule has 0 saturated heterocycles. The zero-order valence-corrected chi connectivity index (χ0v) is 16.8. The van der Waals surface area contributed by atoms with Gasteiger partial charge >= 0.3 is 6.18 Å². The summed E-state index contributed by atoms with van der Waals surface area (Å²) in [7, 11) is 3.15. The van der Waals surface area contributed by atoms with Gasteiger partial charge in [0.2, 0.25) is 0 Å². The van der Waals surface area contributed by atoms with Gasteiger partial charge in [-0.2, -0.15) is 13.2 Å². The molecule has 0 bridgehead atoms. The van der Waals surface area contributed by atoms with Crippen molar-refractivity contribution >= 4 is 17.3 Å². The first-order valence-corrected chi connectivity index (χ1v) is 9.33. The molecule has 0 aliphatic carbocycles. The molecule has 0 aliphatic heterocycles. The van der Waals surface area contributed by atoms with Crippen LogP contribution in [-0.4, -0.2) is 19.1 Å². The van der Waals surface area contributed by atoms with Gasteiger partial charge in [-0.05, 0) is 35.4 Å². The van der Waals surface area contributed by atoms with Gasteiger partial charge in [0.25, 0.3) is 0 Å². The molecule has 0 fully saturated rings. The van der Waals surface area contributed by atoms with E-state index in [-0.39, 0.29) is 12.1 Å². The van der Waals surface area contributed by atoms with Crippen molar-refractivity contribution in [2.24, 2.45) is 5.73 Å². The first kappa shape index (κ1) is 21.1. The molecule has 152 valence electrons. The number of hydrogen-bond acceptors (Lipinski definition) is 3. The van der Waals surface area contributed by atoms with E-state index >= 15 is 0 Å². The number of hydrogen-bond donors (Lipinski definition) is 1. The maximum Gasteiger partial charge on any atom is 0.418 e. The molecule has 0 aliphatic rings. The average molecular weight is 420 g/mol. The number of alkyl halides is 3. The molecule has 0 radical (unpaired) electrons. The zero-order chi connectivity index (χ0) is 21.2. The Balaban J connectivity index is 2.19. The van der Waals surface area contributed by atoms with Crippen LogP contribution in [0.2, 0.25) is 5.02 Å². The van der Waals surface area contributed by atoms with Crippen LogP contribution in [0.15, 0.2) is 66.9 Å². The van der Waals surface area contributed by atoms with Crippen molar-refractivity contribution in [2.45, 2.75) is 18.1 Å². The molecular weight excluding hydrogens is 399 g/mol. The van der Waals surface area contributed by atoms with Gasteiger partial charge in [0.15, 0.2) is 0 Å². The van der Waals surface area contributed by atoms with E-state index in [1.165, 1.54) is 17.2 Å². The van der Waals surface area contributed by atoms with Crippen LogP contribution in [0, 0.1) is 0 Å². The molecule has 7 heteroatoms. The third-order valence-electron chi connectivity index (χ3n) is 4.81. The summed E-state index contributed by atoms with van der Waals surface area (Å²) in [5.74, 6) is 0. The summed E-state index contributed by atoms with van der Waals surface area (Å²) in [5, 5.41) is 0.426. The van der Waals surface area contributed by atoms with E-state index in [2.05, 4.69) is 4.98 Å². The molecule has 29 heavy (non-hydrogen) atoms. The fourth-order valence-electron chi connectivity index (χ4n) is 3.33. The molecule has 3 nitrogen and oxygen atoms in total. The molecule has 2 N–H and O–H groups in total. The van der Waals surface area contributed by atoms with Crippen molar-refractivity contribution in [3.63, 3.8) is 0 Å². The van der Waals surface area contributed by atoms with Crippen LogP contribution >= 0.6 is 11.6 Å². The topological polar surface area (TPSA) is 42.1 Å². The Morgan fingerprint density at radius 3 is 2.24 bits per heavy atom. The van der Waals surface area contributed by atoms with Gasteiger partial charge in [0.05, 0.1) is 21.8 Å². The Morgan fingerprint density at radius 1 is 1.00 bits per heavy atom. The van der Waals surface area contributed by atoms with Crippen LogP contribution in [0.3, 0.4) is 0 Å². The second kappa shape index (κ2) is 8.05. The fourth-order valence-corrected chi connectivity index (χ4v) is 3.44. The SMILES string of the molecule is CN(C)c1ccc(C(N)(Cc2ccccc2)c2ccc(Cl)cn2)cc1C(F)(F)F. The maximum absolute atomic E-state index is 13.8. The Kier molecular flexibility index (Phi) is 5.87. The van der Waals surface area contributed by atoms with E-state index in [4.69, 9.17) is 17.3 Å². The van der Waals surface area contributed by atoms with Crippen molar-refractivity contribution in [3.05, 3.63) is 94.3 Å². The fraction of sp³-hybridized carbons (Fsp3) is 0.227. The zero-order valence-electron chi connectivity index (χ0n) is 16.0. The lowest BCUT2D eigenvalue weighted by Gasteiger charge is -2.31. The predicted molar refractivity (Wildman–Crippen MR) is 110 cm³/mol. The van der Waals surface area contributed by atoms with Gasteiger partial charge in [0, 0.05) is 32.4 Å². The normalized spacial score (nSPS) is 13.8. The molecule has 2 aromatic carbocycles. The standard InChI is InChI=1S/C22H21ClF3N3/c1-29(2)19-10-8-16(12-18(19)22(24,25)26)21(27,13-15-6-4-3-5-7-15)20-11-9-17(23)14-28-20/h3-12,14H,13,27H2,1-2H3. The third-order valence-corrected chi connectivity index (χ3v) is 5.03. The van der Waals surface area contributed by atoms with Gasteiger partial charge in [-0.1, -0.05) is 48.0 Å². The molecule has 1 atom stereocenters. The van der Waals surface area contributed by atoms with Gasteiger partial charge in [-0.3, -0.25) is 4.98 Å². The van der Waals surface area contributed by atoms with Crippen LogP contribution in [0.1, 0.15) is 22.4 Å². The summed E-state index contributed by atoms with van der Waals surface area (Å²) in [6.07, 6.45) is -2.79. The number of halogens is 4. The van der Waals surface area contributed by atoms with Crippen LogP contribution in [-0.2, 0) is 18.1 Å². The van der Waals surface area contributed by atoms with Crippen molar-refractivity contribution in [1.29, 1.82) is 0 Å². The lowest BCUT2D eigenvalue weighted by molar-refractivity contribution is -0.137. The molecule has 0 amide bonds. The van der Waals surface area contributed by atoms with E-state index in [1.807, 2.05) is 30.3 Å². The predicted octanol–water partition coefficient (Wildman–Crippen LogP) is 5.26. The minimum Gasteiger partial charge on any atom is -0.377 e. The lowest BCUT2D eigenvalue weighted by Crippen LogP contribution is -2.41. The van der Waals surface area contributed by atoms with Crippen LogP contribution in [0.5, 0.6) is 0 Å².